The van der Waals surface area contributed by atoms with E-state index in [1.807, 2.05) is 34.1 Å². The maximum atomic E-state index is 12.7. The first-order chi connectivity index (χ1) is 11.2. The summed E-state index contributed by atoms with van der Waals surface area (Å²) in [6.07, 6.45) is 6.12. The first-order valence-electron chi connectivity index (χ1n) is 8.86. The van der Waals surface area contributed by atoms with E-state index in [0.717, 1.165) is 49.9 Å². The molecule has 2 heterocycles. The number of hydrogen-bond acceptors (Lipinski definition) is 2. The third kappa shape index (κ3) is 3.57. The fraction of sp³-hybridized carbons (Fsp3) is 0.579. The van der Waals surface area contributed by atoms with Crippen LogP contribution in [0.3, 0.4) is 0 Å². The van der Waals surface area contributed by atoms with Crippen molar-refractivity contribution in [3.63, 3.8) is 0 Å². The molecule has 23 heavy (non-hydrogen) atoms. The van der Waals surface area contributed by atoms with Crippen molar-refractivity contribution in [2.24, 2.45) is 0 Å². The van der Waals surface area contributed by atoms with Gasteiger partial charge in [-0.1, -0.05) is 19.1 Å². The van der Waals surface area contributed by atoms with Crippen LogP contribution in [0.1, 0.15) is 61.4 Å². The summed E-state index contributed by atoms with van der Waals surface area (Å²) in [5, 5.41) is 0. The number of carbonyl (C=O) groups excluding carboxylic acids is 2. The van der Waals surface area contributed by atoms with Gasteiger partial charge in [-0.25, -0.2) is 0 Å². The molecule has 4 heteroatoms. The van der Waals surface area contributed by atoms with Gasteiger partial charge in [-0.2, -0.15) is 0 Å². The van der Waals surface area contributed by atoms with Crippen molar-refractivity contribution < 1.29 is 9.59 Å². The van der Waals surface area contributed by atoms with E-state index in [0.29, 0.717) is 19.0 Å². The lowest BCUT2D eigenvalue weighted by Crippen LogP contribution is -2.43. The first-order valence-corrected chi connectivity index (χ1v) is 8.86. The van der Waals surface area contributed by atoms with Gasteiger partial charge in [0.2, 0.25) is 5.91 Å². The summed E-state index contributed by atoms with van der Waals surface area (Å²) in [5.41, 5.74) is 1.87. The Hall–Kier alpha value is -1.84. The molecule has 2 aliphatic heterocycles. The Morgan fingerprint density at radius 2 is 1.91 bits per heavy atom. The summed E-state index contributed by atoms with van der Waals surface area (Å²) < 4.78 is 0. The number of amides is 2. The summed E-state index contributed by atoms with van der Waals surface area (Å²) >= 11 is 0. The molecule has 2 saturated heterocycles. The minimum Gasteiger partial charge on any atom is -0.338 e. The highest BCUT2D eigenvalue weighted by atomic mass is 16.2. The molecule has 2 aliphatic rings. The van der Waals surface area contributed by atoms with Gasteiger partial charge in [0.05, 0.1) is 0 Å². The number of hydrogen-bond donors (Lipinski definition) is 0. The molecular formula is C19H26N2O2. The van der Waals surface area contributed by atoms with Gasteiger partial charge in [0.25, 0.3) is 5.91 Å². The topological polar surface area (TPSA) is 40.6 Å². The minimum absolute atomic E-state index is 0.153. The van der Waals surface area contributed by atoms with Crippen molar-refractivity contribution >= 4 is 11.8 Å². The molecule has 0 spiro atoms. The van der Waals surface area contributed by atoms with Gasteiger partial charge in [-0.05, 0) is 49.8 Å². The molecular weight excluding hydrogens is 288 g/mol. The van der Waals surface area contributed by atoms with Crippen LogP contribution in [0.4, 0.5) is 0 Å². The highest BCUT2D eigenvalue weighted by Gasteiger charge is 2.26. The summed E-state index contributed by atoms with van der Waals surface area (Å²) in [6.45, 7) is 4.55. The van der Waals surface area contributed by atoms with E-state index >= 15 is 0 Å². The second-order valence-electron chi connectivity index (χ2n) is 6.67. The van der Waals surface area contributed by atoms with E-state index in [1.54, 1.807) is 0 Å². The standard InChI is InChI=1S/C19H26N2O2/c1-2-17-6-3-4-13-21(17)19(23)16-10-8-15(9-11-16)14-20-12-5-7-18(20)22/h8-11,17H,2-7,12-14H2,1H3. The summed E-state index contributed by atoms with van der Waals surface area (Å²) in [7, 11) is 0. The summed E-state index contributed by atoms with van der Waals surface area (Å²) in [5.74, 6) is 0.393. The molecule has 1 atom stereocenters. The predicted molar refractivity (Wildman–Crippen MR) is 90.1 cm³/mol. The Bertz CT molecular complexity index is 567. The Morgan fingerprint density at radius 1 is 1.13 bits per heavy atom. The molecule has 1 aromatic rings. The third-order valence-corrected chi connectivity index (χ3v) is 5.10. The molecule has 2 amide bonds. The molecule has 0 saturated carbocycles. The Kier molecular flexibility index (Phi) is 4.99. The van der Waals surface area contributed by atoms with Gasteiger partial charge in [0, 0.05) is 37.7 Å². The molecule has 4 nitrogen and oxygen atoms in total. The largest absolute Gasteiger partial charge is 0.338 e. The van der Waals surface area contributed by atoms with Crippen LogP contribution in [-0.4, -0.2) is 40.7 Å². The third-order valence-electron chi connectivity index (χ3n) is 5.10. The SMILES string of the molecule is CCC1CCCCN1C(=O)c1ccc(CN2CCCC2=O)cc1. The number of likely N-dealkylation sites (tertiary alicyclic amines) is 2. The van der Waals surface area contributed by atoms with E-state index in [1.165, 1.54) is 6.42 Å². The second kappa shape index (κ2) is 7.16. The van der Waals surface area contributed by atoms with E-state index in [4.69, 9.17) is 0 Å². The van der Waals surface area contributed by atoms with Crippen LogP contribution >= 0.6 is 0 Å². The highest BCUT2D eigenvalue weighted by molar-refractivity contribution is 5.94. The van der Waals surface area contributed by atoms with Crippen LogP contribution in [-0.2, 0) is 11.3 Å². The fourth-order valence-corrected chi connectivity index (χ4v) is 3.70. The maximum absolute atomic E-state index is 12.7. The van der Waals surface area contributed by atoms with Crippen LogP contribution in [0.15, 0.2) is 24.3 Å². The molecule has 124 valence electrons. The average molecular weight is 314 g/mol. The lowest BCUT2D eigenvalue weighted by Gasteiger charge is -2.35. The molecule has 1 aromatic carbocycles. The zero-order valence-electron chi connectivity index (χ0n) is 14.0. The van der Waals surface area contributed by atoms with Crippen LogP contribution < -0.4 is 0 Å². The van der Waals surface area contributed by atoms with Crippen LogP contribution in [0.5, 0.6) is 0 Å². The normalized spacial score (nSPS) is 21.8. The predicted octanol–water partition coefficient (Wildman–Crippen LogP) is 3.21. The van der Waals surface area contributed by atoms with Gasteiger partial charge in [0.15, 0.2) is 0 Å². The quantitative estimate of drug-likeness (QED) is 0.856. The van der Waals surface area contributed by atoms with Gasteiger partial charge in [-0.15, -0.1) is 0 Å². The van der Waals surface area contributed by atoms with Crippen molar-refractivity contribution in [1.29, 1.82) is 0 Å². The summed E-state index contributed by atoms with van der Waals surface area (Å²) in [6, 6.07) is 8.20. The number of nitrogens with zero attached hydrogens (tertiary/aromatic N) is 2. The maximum Gasteiger partial charge on any atom is 0.254 e. The van der Waals surface area contributed by atoms with Crippen LogP contribution in [0, 0.1) is 0 Å². The number of carbonyl (C=O) groups is 2. The molecule has 0 aliphatic carbocycles. The zero-order valence-corrected chi connectivity index (χ0v) is 14.0. The molecule has 0 bridgehead atoms. The van der Waals surface area contributed by atoms with E-state index in [9.17, 15) is 9.59 Å². The van der Waals surface area contributed by atoms with Crippen LogP contribution in [0.25, 0.3) is 0 Å². The lowest BCUT2D eigenvalue weighted by molar-refractivity contribution is -0.128. The molecule has 0 aromatic heterocycles. The smallest absolute Gasteiger partial charge is 0.254 e. The molecule has 3 rings (SSSR count). The fourth-order valence-electron chi connectivity index (χ4n) is 3.70. The number of piperidine rings is 1. The van der Waals surface area contributed by atoms with Crippen molar-refractivity contribution in [2.75, 3.05) is 13.1 Å². The van der Waals surface area contributed by atoms with E-state index in [2.05, 4.69) is 6.92 Å². The van der Waals surface area contributed by atoms with E-state index in [-0.39, 0.29) is 11.8 Å². The summed E-state index contributed by atoms with van der Waals surface area (Å²) in [4.78, 5) is 28.4. The van der Waals surface area contributed by atoms with Gasteiger partial charge in [-0.3, -0.25) is 9.59 Å². The van der Waals surface area contributed by atoms with Crippen LogP contribution in [0.2, 0.25) is 0 Å². The Morgan fingerprint density at radius 3 is 2.57 bits per heavy atom. The monoisotopic (exact) mass is 314 g/mol. The first kappa shape index (κ1) is 16.0. The Balaban J connectivity index is 1.66. The lowest BCUT2D eigenvalue weighted by atomic mass is 9.98. The van der Waals surface area contributed by atoms with E-state index < -0.39 is 0 Å². The van der Waals surface area contributed by atoms with Gasteiger partial charge in [0.1, 0.15) is 0 Å². The zero-order chi connectivity index (χ0) is 16.2. The molecule has 0 radical (unpaired) electrons. The van der Waals surface area contributed by atoms with Crippen molar-refractivity contribution in [3.8, 4) is 0 Å². The van der Waals surface area contributed by atoms with Gasteiger partial charge < -0.3 is 9.80 Å². The molecule has 2 fully saturated rings. The van der Waals surface area contributed by atoms with Crippen molar-refractivity contribution in [3.05, 3.63) is 35.4 Å². The number of rotatable bonds is 4. The second-order valence-corrected chi connectivity index (χ2v) is 6.67. The highest BCUT2D eigenvalue weighted by Crippen LogP contribution is 2.22. The van der Waals surface area contributed by atoms with Crippen molar-refractivity contribution in [1.82, 2.24) is 9.80 Å². The Labute approximate surface area is 138 Å². The minimum atomic E-state index is 0.153. The van der Waals surface area contributed by atoms with Gasteiger partial charge >= 0.3 is 0 Å². The average Bonchev–Trinajstić information content (AvgIpc) is 3.00. The van der Waals surface area contributed by atoms with Crippen molar-refractivity contribution in [2.45, 2.75) is 58.0 Å². The molecule has 0 N–H and O–H groups in total. The molecule has 1 unspecified atom stereocenters. The number of benzene rings is 1.